The number of rotatable bonds is 15. The zero-order chi connectivity index (χ0) is 23.3. The van der Waals surface area contributed by atoms with Crippen molar-refractivity contribution in [3.63, 3.8) is 0 Å². The molecular weight excluding hydrogens is 420 g/mol. The van der Waals surface area contributed by atoms with Gasteiger partial charge in [0.25, 0.3) is 0 Å². The molecule has 0 aromatic heterocycles. The van der Waals surface area contributed by atoms with Crippen molar-refractivity contribution in [2.45, 2.75) is 85.0 Å². The zero-order valence-electron chi connectivity index (χ0n) is 20.0. The molecule has 0 fully saturated rings. The van der Waals surface area contributed by atoms with Crippen LogP contribution >= 0.6 is 11.6 Å². The van der Waals surface area contributed by atoms with E-state index in [2.05, 4.69) is 39.0 Å². The first-order chi connectivity index (χ1) is 15.4. The molecule has 0 spiro atoms. The van der Waals surface area contributed by atoms with Crippen molar-refractivity contribution in [3.05, 3.63) is 63.7 Å². The van der Waals surface area contributed by atoms with E-state index in [0.29, 0.717) is 24.0 Å². The van der Waals surface area contributed by atoms with E-state index >= 15 is 0 Å². The summed E-state index contributed by atoms with van der Waals surface area (Å²) in [6.07, 6.45) is 9.68. The highest BCUT2D eigenvalue weighted by Gasteiger charge is 2.11. The number of carbonyl (C=O) groups is 1. The van der Waals surface area contributed by atoms with Crippen molar-refractivity contribution in [3.8, 4) is 5.75 Å². The number of unbranched alkanes of at least 4 members (excludes halogenated alkanes) is 2. The molecule has 1 atom stereocenters. The summed E-state index contributed by atoms with van der Waals surface area (Å²) in [7, 11) is 0. The van der Waals surface area contributed by atoms with Gasteiger partial charge in [0.15, 0.2) is 0 Å². The van der Waals surface area contributed by atoms with Crippen LogP contribution in [0, 0.1) is 19.8 Å². The van der Waals surface area contributed by atoms with Gasteiger partial charge < -0.3 is 9.84 Å². The van der Waals surface area contributed by atoms with E-state index in [1.807, 2.05) is 18.2 Å². The van der Waals surface area contributed by atoms with Gasteiger partial charge in [-0.3, -0.25) is 4.79 Å². The maximum Gasteiger partial charge on any atom is 0.303 e. The molecule has 2 aromatic carbocycles. The van der Waals surface area contributed by atoms with Crippen molar-refractivity contribution in [1.29, 1.82) is 0 Å². The van der Waals surface area contributed by atoms with Crippen LogP contribution in [0.3, 0.4) is 0 Å². The Balaban J connectivity index is 1.79. The molecule has 1 unspecified atom stereocenters. The highest BCUT2D eigenvalue weighted by atomic mass is 35.5. The molecule has 0 heterocycles. The van der Waals surface area contributed by atoms with Crippen LogP contribution in [-0.4, -0.2) is 17.7 Å². The third-order valence-corrected chi connectivity index (χ3v) is 6.47. The number of benzene rings is 2. The Morgan fingerprint density at radius 3 is 2.41 bits per heavy atom. The normalized spacial score (nSPS) is 12.0. The lowest BCUT2D eigenvalue weighted by molar-refractivity contribution is -0.137. The summed E-state index contributed by atoms with van der Waals surface area (Å²) in [4.78, 5) is 10.6. The van der Waals surface area contributed by atoms with E-state index in [-0.39, 0.29) is 6.42 Å². The van der Waals surface area contributed by atoms with E-state index in [9.17, 15) is 4.79 Å². The molecule has 2 rings (SSSR count). The van der Waals surface area contributed by atoms with Crippen LogP contribution in [0.5, 0.6) is 5.75 Å². The minimum atomic E-state index is -0.738. The van der Waals surface area contributed by atoms with Crippen LogP contribution in [0.15, 0.2) is 36.4 Å². The van der Waals surface area contributed by atoms with E-state index in [4.69, 9.17) is 21.4 Å². The number of halogens is 1. The van der Waals surface area contributed by atoms with Crippen molar-refractivity contribution in [1.82, 2.24) is 0 Å². The van der Waals surface area contributed by atoms with Crippen LogP contribution in [0.4, 0.5) is 0 Å². The Hall–Kier alpha value is -2.00. The molecule has 0 radical (unpaired) electrons. The number of aryl methyl sites for hydroxylation is 3. The lowest BCUT2D eigenvalue weighted by atomic mass is 9.89. The van der Waals surface area contributed by atoms with Gasteiger partial charge in [-0.15, -0.1) is 0 Å². The fraction of sp³-hybridized carbons (Fsp3) is 0.536. The van der Waals surface area contributed by atoms with Crippen molar-refractivity contribution < 1.29 is 14.6 Å². The fourth-order valence-corrected chi connectivity index (χ4v) is 4.34. The predicted molar refractivity (Wildman–Crippen MR) is 134 cm³/mol. The molecule has 176 valence electrons. The lowest BCUT2D eigenvalue weighted by Crippen LogP contribution is -2.08. The fourth-order valence-electron chi connectivity index (χ4n) is 4.08. The molecule has 0 bridgehead atoms. The van der Waals surface area contributed by atoms with Crippen LogP contribution in [0.1, 0.15) is 80.5 Å². The Labute approximate surface area is 199 Å². The minimum Gasteiger partial charge on any atom is -0.492 e. The summed E-state index contributed by atoms with van der Waals surface area (Å²) in [5.41, 5.74) is 5.30. The largest absolute Gasteiger partial charge is 0.492 e. The Kier molecular flexibility index (Phi) is 11.7. The topological polar surface area (TPSA) is 46.5 Å². The zero-order valence-corrected chi connectivity index (χ0v) is 20.7. The highest BCUT2D eigenvalue weighted by Crippen LogP contribution is 2.27. The second kappa shape index (κ2) is 14.2. The summed E-state index contributed by atoms with van der Waals surface area (Å²) in [5.74, 6) is 0.683. The molecule has 0 aliphatic rings. The van der Waals surface area contributed by atoms with Gasteiger partial charge in [-0.25, -0.2) is 0 Å². The summed E-state index contributed by atoms with van der Waals surface area (Å²) in [6.45, 7) is 7.29. The maximum absolute atomic E-state index is 10.6. The van der Waals surface area contributed by atoms with Crippen molar-refractivity contribution in [2.75, 3.05) is 6.61 Å². The third-order valence-electron chi connectivity index (χ3n) is 6.18. The smallest absolute Gasteiger partial charge is 0.303 e. The van der Waals surface area contributed by atoms with Gasteiger partial charge in [0.1, 0.15) is 5.75 Å². The van der Waals surface area contributed by atoms with Gasteiger partial charge in [0.2, 0.25) is 0 Å². The number of ether oxygens (including phenoxy) is 1. The average Bonchev–Trinajstić information content (AvgIpc) is 2.76. The summed E-state index contributed by atoms with van der Waals surface area (Å²) in [6, 6.07) is 12.8. The number of carboxylic acids is 1. The van der Waals surface area contributed by atoms with Crippen LogP contribution in [0.2, 0.25) is 5.02 Å². The quantitative estimate of drug-likeness (QED) is 0.275. The number of carboxylic acid groups (broad SMARTS) is 1. The van der Waals surface area contributed by atoms with Crippen LogP contribution in [-0.2, 0) is 17.6 Å². The van der Waals surface area contributed by atoms with Gasteiger partial charge in [0.05, 0.1) is 11.6 Å². The molecule has 32 heavy (non-hydrogen) atoms. The standard InChI is InChI=1S/C28H39ClO3/c1-4-5-9-23(19-25-14-13-21(2)22(3)18-25)11-8-17-32-27-16-15-24(20-26(27)29)10-6-7-12-28(30)31/h13-16,18,20,23H,4-12,17,19H2,1-3H3,(H,30,31). The molecule has 3 nitrogen and oxygen atoms in total. The van der Waals surface area contributed by atoms with E-state index in [1.54, 1.807) is 0 Å². The average molecular weight is 459 g/mol. The first-order valence-corrected chi connectivity index (χ1v) is 12.5. The van der Waals surface area contributed by atoms with Gasteiger partial charge in [-0.05, 0) is 92.7 Å². The van der Waals surface area contributed by atoms with Gasteiger partial charge in [-0.1, -0.05) is 62.1 Å². The van der Waals surface area contributed by atoms with Gasteiger partial charge in [-0.2, -0.15) is 0 Å². The summed E-state index contributed by atoms with van der Waals surface area (Å²) < 4.78 is 5.98. The maximum atomic E-state index is 10.6. The van der Waals surface area contributed by atoms with Crippen molar-refractivity contribution in [2.24, 2.45) is 5.92 Å². The molecule has 2 aromatic rings. The molecule has 0 amide bonds. The minimum absolute atomic E-state index is 0.220. The molecule has 0 saturated carbocycles. The number of hydrogen-bond acceptors (Lipinski definition) is 2. The monoisotopic (exact) mass is 458 g/mol. The highest BCUT2D eigenvalue weighted by molar-refractivity contribution is 6.32. The molecule has 0 saturated heterocycles. The van der Waals surface area contributed by atoms with Crippen LogP contribution < -0.4 is 4.74 Å². The molecule has 1 N–H and O–H groups in total. The molecule has 4 heteroatoms. The first-order valence-electron chi connectivity index (χ1n) is 12.1. The number of hydrogen-bond donors (Lipinski definition) is 1. The van der Waals surface area contributed by atoms with Crippen LogP contribution in [0.25, 0.3) is 0 Å². The molecule has 0 aliphatic carbocycles. The Bertz CT molecular complexity index is 847. The predicted octanol–water partition coefficient (Wildman–Crippen LogP) is 7.96. The molecular formula is C28H39ClO3. The van der Waals surface area contributed by atoms with E-state index in [0.717, 1.165) is 43.4 Å². The van der Waals surface area contributed by atoms with Gasteiger partial charge in [0, 0.05) is 6.42 Å². The second-order valence-corrected chi connectivity index (χ2v) is 9.39. The van der Waals surface area contributed by atoms with E-state index in [1.165, 1.54) is 36.0 Å². The van der Waals surface area contributed by atoms with Gasteiger partial charge >= 0.3 is 5.97 Å². The Morgan fingerprint density at radius 1 is 0.969 bits per heavy atom. The first kappa shape index (κ1) is 26.3. The second-order valence-electron chi connectivity index (χ2n) is 8.99. The summed E-state index contributed by atoms with van der Waals surface area (Å²) >= 11 is 6.42. The molecule has 0 aliphatic heterocycles. The summed E-state index contributed by atoms with van der Waals surface area (Å²) in [5, 5.41) is 9.37. The number of aliphatic carboxylic acids is 1. The SMILES string of the molecule is CCCCC(CCCOc1ccc(CCCCC(=O)O)cc1Cl)Cc1ccc(C)c(C)c1. The third kappa shape index (κ3) is 9.65. The Morgan fingerprint density at radius 2 is 1.72 bits per heavy atom. The van der Waals surface area contributed by atoms with E-state index < -0.39 is 5.97 Å². The van der Waals surface area contributed by atoms with Crippen molar-refractivity contribution >= 4 is 17.6 Å². The lowest BCUT2D eigenvalue weighted by Gasteiger charge is -2.18.